The highest BCUT2D eigenvalue weighted by atomic mass is 35.5. The summed E-state index contributed by atoms with van der Waals surface area (Å²) in [4.78, 5) is 4.05. The maximum atomic E-state index is 12.2. The van der Waals surface area contributed by atoms with E-state index in [9.17, 15) is 8.42 Å². The van der Waals surface area contributed by atoms with E-state index in [2.05, 4.69) is 9.71 Å². The van der Waals surface area contributed by atoms with Crippen molar-refractivity contribution in [2.24, 2.45) is 0 Å². The monoisotopic (exact) mass is 307 g/mol. The fourth-order valence-electron chi connectivity index (χ4n) is 1.55. The van der Waals surface area contributed by atoms with Crippen molar-refractivity contribution in [2.45, 2.75) is 11.8 Å². The van der Waals surface area contributed by atoms with Crippen molar-refractivity contribution in [3.8, 4) is 6.07 Å². The maximum Gasteiger partial charge on any atom is 0.261 e. The number of anilines is 1. The number of hydrogen-bond donors (Lipinski definition) is 1. The van der Waals surface area contributed by atoms with Gasteiger partial charge in [-0.25, -0.2) is 13.4 Å². The minimum Gasteiger partial charge on any atom is -0.278 e. The van der Waals surface area contributed by atoms with Gasteiger partial charge in [0.05, 0.1) is 27.9 Å². The van der Waals surface area contributed by atoms with E-state index in [-0.39, 0.29) is 4.90 Å². The summed E-state index contributed by atoms with van der Waals surface area (Å²) < 4.78 is 26.8. The molecule has 0 fully saturated rings. The van der Waals surface area contributed by atoms with E-state index >= 15 is 0 Å². The molecule has 0 amide bonds. The first-order valence-electron chi connectivity index (χ1n) is 5.58. The fourth-order valence-corrected chi connectivity index (χ4v) is 2.86. The molecule has 2 aromatic rings. The Balaban J connectivity index is 2.33. The minimum absolute atomic E-state index is 0.0749. The van der Waals surface area contributed by atoms with Gasteiger partial charge in [0.15, 0.2) is 0 Å². The van der Waals surface area contributed by atoms with Crippen LogP contribution in [-0.4, -0.2) is 13.4 Å². The first kappa shape index (κ1) is 14.3. The number of benzene rings is 1. The Morgan fingerprint density at radius 2 is 1.85 bits per heavy atom. The van der Waals surface area contributed by atoms with E-state index in [0.29, 0.717) is 22.1 Å². The van der Waals surface area contributed by atoms with Gasteiger partial charge in [-0.05, 0) is 43.3 Å². The molecular formula is C13H10ClN3O2S. The van der Waals surface area contributed by atoms with Crippen LogP contribution in [0.5, 0.6) is 0 Å². The molecule has 0 saturated heterocycles. The van der Waals surface area contributed by atoms with Crippen molar-refractivity contribution >= 4 is 27.3 Å². The topological polar surface area (TPSA) is 82.8 Å². The van der Waals surface area contributed by atoms with E-state index in [1.807, 2.05) is 6.07 Å². The Kier molecular flexibility index (Phi) is 3.93. The van der Waals surface area contributed by atoms with Crippen LogP contribution < -0.4 is 4.72 Å². The molecule has 0 bridgehead atoms. The first-order valence-corrected chi connectivity index (χ1v) is 7.44. The summed E-state index contributed by atoms with van der Waals surface area (Å²) in [7, 11) is -3.72. The summed E-state index contributed by atoms with van der Waals surface area (Å²) in [5, 5.41) is 8.99. The van der Waals surface area contributed by atoms with Gasteiger partial charge in [-0.15, -0.1) is 0 Å². The van der Waals surface area contributed by atoms with Gasteiger partial charge in [0.1, 0.15) is 5.15 Å². The van der Waals surface area contributed by atoms with Gasteiger partial charge in [0.2, 0.25) is 0 Å². The lowest BCUT2D eigenvalue weighted by molar-refractivity contribution is 0.601. The Hall–Kier alpha value is -2.10. The number of hydrogen-bond acceptors (Lipinski definition) is 4. The van der Waals surface area contributed by atoms with Crippen LogP contribution in [0.1, 0.15) is 11.3 Å². The number of halogens is 1. The molecule has 1 aromatic carbocycles. The summed E-state index contributed by atoms with van der Waals surface area (Å²) in [5.41, 5.74) is 1.24. The molecule has 5 nitrogen and oxygen atoms in total. The van der Waals surface area contributed by atoms with E-state index in [4.69, 9.17) is 16.9 Å². The van der Waals surface area contributed by atoms with Crippen LogP contribution in [0, 0.1) is 18.3 Å². The highest BCUT2D eigenvalue weighted by molar-refractivity contribution is 7.92. The molecule has 0 aliphatic heterocycles. The highest BCUT2D eigenvalue weighted by Crippen LogP contribution is 2.20. The Morgan fingerprint density at radius 1 is 1.20 bits per heavy atom. The standard InChI is InChI=1S/C13H10ClN3O2S/c1-9-12(6-7-13(14)16-9)17-20(18,19)11-4-2-10(8-15)3-5-11/h2-7,17H,1H3. The zero-order valence-corrected chi connectivity index (χ0v) is 12.0. The summed E-state index contributed by atoms with van der Waals surface area (Å²) >= 11 is 5.72. The van der Waals surface area contributed by atoms with E-state index in [1.54, 1.807) is 13.0 Å². The average molecular weight is 308 g/mol. The van der Waals surface area contributed by atoms with Crippen LogP contribution in [0.3, 0.4) is 0 Å². The van der Waals surface area contributed by atoms with Gasteiger partial charge in [-0.3, -0.25) is 4.72 Å². The van der Waals surface area contributed by atoms with Crippen LogP contribution in [0.4, 0.5) is 5.69 Å². The van der Waals surface area contributed by atoms with Gasteiger partial charge < -0.3 is 0 Å². The number of aryl methyl sites for hydroxylation is 1. The van der Waals surface area contributed by atoms with Crippen molar-refractivity contribution in [3.63, 3.8) is 0 Å². The molecule has 0 atom stereocenters. The number of nitrogens with zero attached hydrogens (tertiary/aromatic N) is 2. The molecule has 0 spiro atoms. The quantitative estimate of drug-likeness (QED) is 0.884. The lowest BCUT2D eigenvalue weighted by Gasteiger charge is -2.10. The molecule has 2 rings (SSSR count). The SMILES string of the molecule is Cc1nc(Cl)ccc1NS(=O)(=O)c1ccc(C#N)cc1. The minimum atomic E-state index is -3.72. The number of nitrogens with one attached hydrogen (secondary N) is 1. The zero-order valence-electron chi connectivity index (χ0n) is 10.5. The van der Waals surface area contributed by atoms with Gasteiger partial charge in [0, 0.05) is 0 Å². The van der Waals surface area contributed by atoms with Crippen molar-refractivity contribution in [1.29, 1.82) is 5.26 Å². The third-order valence-corrected chi connectivity index (χ3v) is 4.18. The molecule has 20 heavy (non-hydrogen) atoms. The van der Waals surface area contributed by atoms with Crippen molar-refractivity contribution in [2.75, 3.05) is 4.72 Å². The zero-order chi connectivity index (χ0) is 14.8. The van der Waals surface area contributed by atoms with Gasteiger partial charge in [0.25, 0.3) is 10.0 Å². The van der Waals surface area contributed by atoms with Crippen LogP contribution in [-0.2, 0) is 10.0 Å². The van der Waals surface area contributed by atoms with Gasteiger partial charge >= 0.3 is 0 Å². The van der Waals surface area contributed by atoms with Crippen molar-refractivity contribution < 1.29 is 8.42 Å². The Labute approximate surface area is 121 Å². The number of pyridine rings is 1. The van der Waals surface area contributed by atoms with Crippen molar-refractivity contribution in [1.82, 2.24) is 4.98 Å². The molecule has 0 aliphatic rings. The second-order valence-electron chi connectivity index (χ2n) is 4.01. The molecule has 1 N–H and O–H groups in total. The number of rotatable bonds is 3. The summed E-state index contributed by atoms with van der Waals surface area (Å²) in [6.07, 6.45) is 0. The molecule has 7 heteroatoms. The molecule has 1 aromatic heterocycles. The van der Waals surface area contributed by atoms with Gasteiger partial charge in [-0.2, -0.15) is 5.26 Å². The second kappa shape index (κ2) is 5.49. The number of sulfonamides is 1. The Morgan fingerprint density at radius 3 is 2.40 bits per heavy atom. The van der Waals surface area contributed by atoms with Gasteiger partial charge in [-0.1, -0.05) is 11.6 Å². The lowest BCUT2D eigenvalue weighted by atomic mass is 10.2. The normalized spacial score (nSPS) is 10.8. The highest BCUT2D eigenvalue weighted by Gasteiger charge is 2.15. The fraction of sp³-hybridized carbons (Fsp3) is 0.0769. The second-order valence-corrected chi connectivity index (χ2v) is 6.08. The molecule has 0 aliphatic carbocycles. The molecule has 0 saturated carbocycles. The summed E-state index contributed by atoms with van der Waals surface area (Å²) in [6.45, 7) is 1.66. The van der Waals surface area contributed by atoms with Crippen LogP contribution in [0.2, 0.25) is 5.15 Å². The summed E-state index contributed by atoms with van der Waals surface area (Å²) in [5.74, 6) is 0. The third-order valence-electron chi connectivity index (χ3n) is 2.59. The maximum absolute atomic E-state index is 12.2. The molecule has 1 heterocycles. The molecule has 0 radical (unpaired) electrons. The largest absolute Gasteiger partial charge is 0.278 e. The van der Waals surface area contributed by atoms with E-state index in [0.717, 1.165) is 0 Å². The smallest absolute Gasteiger partial charge is 0.261 e. The van der Waals surface area contributed by atoms with Crippen LogP contribution in [0.15, 0.2) is 41.3 Å². The third kappa shape index (κ3) is 3.07. The molecule has 0 unspecified atom stereocenters. The lowest BCUT2D eigenvalue weighted by Crippen LogP contribution is -2.14. The first-order chi connectivity index (χ1) is 9.42. The Bertz CT molecular complexity index is 780. The average Bonchev–Trinajstić information content (AvgIpc) is 2.42. The van der Waals surface area contributed by atoms with Crippen LogP contribution >= 0.6 is 11.6 Å². The van der Waals surface area contributed by atoms with Crippen LogP contribution in [0.25, 0.3) is 0 Å². The predicted octanol–water partition coefficient (Wildman–Crippen LogP) is 2.72. The van der Waals surface area contributed by atoms with Crippen molar-refractivity contribution in [3.05, 3.63) is 52.8 Å². The number of aromatic nitrogens is 1. The number of nitriles is 1. The summed E-state index contributed by atoms with van der Waals surface area (Å²) in [6, 6.07) is 10.6. The predicted molar refractivity (Wildman–Crippen MR) is 75.9 cm³/mol. The molecular weight excluding hydrogens is 298 g/mol. The van der Waals surface area contributed by atoms with E-state index in [1.165, 1.54) is 30.3 Å². The van der Waals surface area contributed by atoms with E-state index < -0.39 is 10.0 Å². The molecule has 102 valence electrons.